The molecule has 8 heteroatoms. The van der Waals surface area contributed by atoms with Gasteiger partial charge in [-0.25, -0.2) is 4.98 Å². The third-order valence-corrected chi connectivity index (χ3v) is 4.98. The predicted molar refractivity (Wildman–Crippen MR) is 97.3 cm³/mol. The Morgan fingerprint density at radius 2 is 1.96 bits per heavy atom. The van der Waals surface area contributed by atoms with Crippen LogP contribution in [0.2, 0.25) is 0 Å². The molecule has 0 saturated carbocycles. The van der Waals surface area contributed by atoms with E-state index in [-0.39, 0.29) is 5.56 Å². The van der Waals surface area contributed by atoms with Gasteiger partial charge in [0, 0.05) is 11.5 Å². The molecule has 0 spiro atoms. The maximum absolute atomic E-state index is 12.9. The lowest BCUT2D eigenvalue weighted by Gasteiger charge is -2.23. The number of nitrogens with zero attached hydrogens (tertiary/aromatic N) is 2. The van der Waals surface area contributed by atoms with E-state index in [0.29, 0.717) is 29.1 Å². The Morgan fingerprint density at radius 3 is 2.69 bits per heavy atom. The molecule has 1 saturated heterocycles. The summed E-state index contributed by atoms with van der Waals surface area (Å²) in [6.45, 7) is 5.06. The molecule has 0 unspecified atom stereocenters. The van der Waals surface area contributed by atoms with Gasteiger partial charge in [-0.1, -0.05) is 0 Å². The lowest BCUT2D eigenvalue weighted by Crippen LogP contribution is -3.14. The van der Waals surface area contributed by atoms with E-state index in [9.17, 15) is 4.79 Å². The lowest BCUT2D eigenvalue weighted by molar-refractivity contribution is -0.908. The molecule has 4 rings (SSSR count). The first-order valence-electron chi connectivity index (χ1n) is 8.75. The van der Waals surface area contributed by atoms with Crippen LogP contribution >= 0.6 is 0 Å². The fraction of sp³-hybridized carbons (Fsp3) is 0.444. The molecule has 1 fully saturated rings. The summed E-state index contributed by atoms with van der Waals surface area (Å²) < 4.78 is 17.8. The van der Waals surface area contributed by atoms with Gasteiger partial charge in [0.15, 0.2) is 11.5 Å². The summed E-state index contributed by atoms with van der Waals surface area (Å²) in [6, 6.07) is 3.68. The third-order valence-electron chi connectivity index (χ3n) is 4.98. The summed E-state index contributed by atoms with van der Waals surface area (Å²) in [5.41, 5.74) is 1.91. The number of aromatic amines is 1. The second-order valence-corrected chi connectivity index (χ2v) is 6.46. The Morgan fingerprint density at radius 1 is 1.23 bits per heavy atom. The standard InChI is InChI=1S/C18H22N4O4/c1-24-14-9-12-13(10-15(14)25-2)20-17-16(12)19-11-22(18(17)23)4-3-21-5-7-26-8-6-21/h9-11,20H,3-8H2,1-2H3/p+1. The average Bonchev–Trinajstić information content (AvgIpc) is 3.05. The molecule has 1 aromatic carbocycles. The monoisotopic (exact) mass is 359 g/mol. The Bertz CT molecular complexity index is 988. The van der Waals surface area contributed by atoms with Crippen LogP contribution < -0.4 is 19.9 Å². The van der Waals surface area contributed by atoms with Crippen molar-refractivity contribution in [3.63, 3.8) is 0 Å². The van der Waals surface area contributed by atoms with Crippen LogP contribution in [-0.2, 0) is 11.3 Å². The molecular weight excluding hydrogens is 336 g/mol. The number of nitrogens with one attached hydrogen (secondary N) is 2. The summed E-state index contributed by atoms with van der Waals surface area (Å²) in [5.74, 6) is 1.23. The molecule has 138 valence electrons. The zero-order valence-electron chi connectivity index (χ0n) is 15.0. The number of ether oxygens (including phenoxy) is 3. The van der Waals surface area contributed by atoms with Crippen molar-refractivity contribution in [3.8, 4) is 11.5 Å². The van der Waals surface area contributed by atoms with Crippen molar-refractivity contribution >= 4 is 21.9 Å². The fourth-order valence-corrected chi connectivity index (χ4v) is 3.47. The van der Waals surface area contributed by atoms with Gasteiger partial charge in [-0.2, -0.15) is 0 Å². The van der Waals surface area contributed by atoms with Crippen molar-refractivity contribution in [2.45, 2.75) is 6.54 Å². The van der Waals surface area contributed by atoms with Crippen LogP contribution in [0.5, 0.6) is 11.5 Å². The molecule has 2 N–H and O–H groups in total. The topological polar surface area (TPSA) is 82.8 Å². The Balaban J connectivity index is 1.70. The van der Waals surface area contributed by atoms with Gasteiger partial charge in [-0.3, -0.25) is 9.36 Å². The molecule has 2 aromatic heterocycles. The molecule has 8 nitrogen and oxygen atoms in total. The Kier molecular flexibility index (Phi) is 4.52. The van der Waals surface area contributed by atoms with E-state index in [2.05, 4.69) is 9.97 Å². The summed E-state index contributed by atoms with van der Waals surface area (Å²) in [6.07, 6.45) is 1.63. The molecule has 0 radical (unpaired) electrons. The highest BCUT2D eigenvalue weighted by Gasteiger charge is 2.17. The van der Waals surface area contributed by atoms with E-state index in [1.807, 2.05) is 12.1 Å². The molecule has 26 heavy (non-hydrogen) atoms. The highest BCUT2D eigenvalue weighted by Crippen LogP contribution is 2.34. The van der Waals surface area contributed by atoms with Crippen molar-refractivity contribution in [3.05, 3.63) is 28.8 Å². The van der Waals surface area contributed by atoms with Crippen LogP contribution in [0.4, 0.5) is 0 Å². The lowest BCUT2D eigenvalue weighted by atomic mass is 10.2. The second-order valence-electron chi connectivity index (χ2n) is 6.46. The maximum atomic E-state index is 12.9. The highest BCUT2D eigenvalue weighted by molar-refractivity contribution is 6.05. The van der Waals surface area contributed by atoms with Gasteiger partial charge in [-0.15, -0.1) is 0 Å². The van der Waals surface area contributed by atoms with Gasteiger partial charge < -0.3 is 24.1 Å². The third kappa shape index (κ3) is 2.91. The first-order valence-corrected chi connectivity index (χ1v) is 8.75. The van der Waals surface area contributed by atoms with Crippen LogP contribution in [-0.4, -0.2) is 61.6 Å². The van der Waals surface area contributed by atoms with Crippen LogP contribution in [0.25, 0.3) is 21.9 Å². The molecule has 3 aromatic rings. The van der Waals surface area contributed by atoms with Crippen molar-refractivity contribution in [2.75, 3.05) is 47.1 Å². The summed E-state index contributed by atoms with van der Waals surface area (Å²) in [5, 5.41) is 0.848. The van der Waals surface area contributed by atoms with E-state index in [1.165, 1.54) is 4.90 Å². The van der Waals surface area contributed by atoms with Crippen molar-refractivity contribution in [1.29, 1.82) is 0 Å². The van der Waals surface area contributed by atoms with E-state index in [0.717, 1.165) is 43.8 Å². The molecule has 0 amide bonds. The quantitative estimate of drug-likeness (QED) is 0.660. The number of methoxy groups -OCH3 is 2. The number of H-pyrrole nitrogens is 1. The number of rotatable bonds is 5. The smallest absolute Gasteiger partial charge is 0.277 e. The Labute approximate surface area is 150 Å². The summed E-state index contributed by atoms with van der Waals surface area (Å²) in [7, 11) is 3.18. The maximum Gasteiger partial charge on any atom is 0.277 e. The normalized spacial score (nSPS) is 15.6. The van der Waals surface area contributed by atoms with Crippen LogP contribution in [0.1, 0.15) is 0 Å². The number of aromatic nitrogens is 3. The van der Waals surface area contributed by atoms with Crippen LogP contribution in [0.15, 0.2) is 23.3 Å². The second kappa shape index (κ2) is 6.97. The van der Waals surface area contributed by atoms with E-state index in [4.69, 9.17) is 14.2 Å². The molecule has 0 aliphatic carbocycles. The average molecular weight is 359 g/mol. The molecule has 1 aliphatic rings. The van der Waals surface area contributed by atoms with Gasteiger partial charge in [-0.05, 0) is 6.07 Å². The van der Waals surface area contributed by atoms with E-state index < -0.39 is 0 Å². The minimum Gasteiger partial charge on any atom is -0.493 e. The number of fused-ring (bicyclic) bond motifs is 3. The fourth-order valence-electron chi connectivity index (χ4n) is 3.47. The molecule has 3 heterocycles. The minimum absolute atomic E-state index is 0.0585. The number of morpholine rings is 1. The minimum atomic E-state index is -0.0585. The first kappa shape index (κ1) is 16.9. The Hall–Kier alpha value is -2.58. The molecular formula is C18H23N4O4+. The largest absolute Gasteiger partial charge is 0.493 e. The molecule has 1 aliphatic heterocycles. The highest BCUT2D eigenvalue weighted by atomic mass is 16.5. The van der Waals surface area contributed by atoms with Gasteiger partial charge in [0.25, 0.3) is 5.56 Å². The zero-order valence-corrected chi connectivity index (χ0v) is 15.0. The SMILES string of the molecule is COc1cc2[nH]c3c(=O)n(CC[NH+]4CCOCC4)cnc3c2cc1OC. The summed E-state index contributed by atoms with van der Waals surface area (Å²) >= 11 is 0. The van der Waals surface area contributed by atoms with Gasteiger partial charge in [0.1, 0.15) is 24.1 Å². The number of benzene rings is 1. The van der Waals surface area contributed by atoms with Crippen molar-refractivity contribution in [1.82, 2.24) is 14.5 Å². The number of hydrogen-bond acceptors (Lipinski definition) is 5. The first-order chi connectivity index (χ1) is 12.7. The zero-order chi connectivity index (χ0) is 18.1. The van der Waals surface area contributed by atoms with E-state index in [1.54, 1.807) is 25.1 Å². The van der Waals surface area contributed by atoms with Crippen molar-refractivity contribution in [2.24, 2.45) is 0 Å². The molecule has 0 atom stereocenters. The van der Waals surface area contributed by atoms with Crippen molar-refractivity contribution < 1.29 is 19.1 Å². The number of quaternary nitrogens is 1. The van der Waals surface area contributed by atoms with Gasteiger partial charge >= 0.3 is 0 Å². The van der Waals surface area contributed by atoms with Crippen LogP contribution in [0.3, 0.4) is 0 Å². The van der Waals surface area contributed by atoms with Crippen LogP contribution in [0, 0.1) is 0 Å². The number of hydrogen-bond donors (Lipinski definition) is 2. The summed E-state index contributed by atoms with van der Waals surface area (Å²) in [4.78, 5) is 22.0. The molecule has 0 bridgehead atoms. The van der Waals surface area contributed by atoms with Gasteiger partial charge in [0.2, 0.25) is 0 Å². The van der Waals surface area contributed by atoms with Gasteiger partial charge in [0.05, 0.1) is 52.4 Å². The van der Waals surface area contributed by atoms with E-state index >= 15 is 0 Å². The predicted octanol–water partition coefficient (Wildman–Crippen LogP) is -0.190.